The summed E-state index contributed by atoms with van der Waals surface area (Å²) in [7, 11) is 0. The van der Waals surface area contributed by atoms with Crippen molar-refractivity contribution in [2.24, 2.45) is 0 Å². The summed E-state index contributed by atoms with van der Waals surface area (Å²) in [6, 6.07) is 8.41. The van der Waals surface area contributed by atoms with Gasteiger partial charge in [-0.25, -0.2) is 4.79 Å². The number of carbonyl (C=O) groups is 2. The molecule has 1 rings (SSSR count). The van der Waals surface area contributed by atoms with E-state index in [1.165, 1.54) is 154 Å². The minimum absolute atomic E-state index is 0.0603. The van der Waals surface area contributed by atoms with Gasteiger partial charge in [-0.2, -0.15) is 0 Å². The number of hydrogen-bond acceptors (Lipinski definition) is 4. The minimum atomic E-state index is -0.584. The third-order valence-corrected chi connectivity index (χ3v) is 9.86. The van der Waals surface area contributed by atoms with E-state index in [1.807, 2.05) is 18.2 Å². The summed E-state index contributed by atoms with van der Waals surface area (Å²) >= 11 is 0. The first kappa shape index (κ1) is 44.1. The first-order valence-corrected chi connectivity index (χ1v) is 20.8. The van der Waals surface area contributed by atoms with Crippen LogP contribution in [-0.2, 0) is 9.53 Å². The Morgan fingerprint density at radius 2 is 0.938 bits per heavy atom. The number of amides is 1. The molecule has 1 aromatic rings. The summed E-state index contributed by atoms with van der Waals surface area (Å²) in [6.45, 7) is 4.30. The van der Waals surface area contributed by atoms with Crippen LogP contribution in [0.2, 0.25) is 0 Å². The lowest BCUT2D eigenvalue weighted by Crippen LogP contribution is -2.47. The van der Waals surface area contributed by atoms with Crippen LogP contribution in [0.15, 0.2) is 30.3 Å². The zero-order chi connectivity index (χ0) is 34.8. The standard InChI is InChI=1S/C43H77NO4/c1-3-5-7-9-11-13-15-17-18-20-22-24-26-28-33-37-42(46)44-40(38-45)41(48-43(47)39-34-30-29-31-35-39)36-32-27-25-23-21-19-16-14-12-10-8-6-4-2/h29-31,34-35,40-41,45H,3-28,32-33,36-38H2,1-2H3,(H,44,46)/t40-,41+/m0/s1. The second-order valence-electron chi connectivity index (χ2n) is 14.4. The molecular weight excluding hydrogens is 594 g/mol. The Labute approximate surface area is 297 Å². The average molecular weight is 672 g/mol. The summed E-state index contributed by atoms with van der Waals surface area (Å²) < 4.78 is 5.91. The van der Waals surface area contributed by atoms with Gasteiger partial charge in [-0.3, -0.25) is 4.79 Å². The SMILES string of the molecule is CCCCCCCCCCCCCCCCCC(=O)N[C@@H](CO)[C@@H](CCCCCCCCCCCCCCC)OC(=O)c1ccccc1. The summed E-state index contributed by atoms with van der Waals surface area (Å²) in [4.78, 5) is 25.7. The lowest BCUT2D eigenvalue weighted by Gasteiger charge is -2.27. The van der Waals surface area contributed by atoms with Gasteiger partial charge in [0.05, 0.1) is 18.2 Å². The van der Waals surface area contributed by atoms with E-state index in [0.29, 0.717) is 18.4 Å². The monoisotopic (exact) mass is 672 g/mol. The molecule has 0 spiro atoms. The van der Waals surface area contributed by atoms with Crippen LogP contribution in [0.3, 0.4) is 0 Å². The van der Waals surface area contributed by atoms with Gasteiger partial charge in [-0.05, 0) is 31.4 Å². The Balaban J connectivity index is 2.28. The number of esters is 1. The van der Waals surface area contributed by atoms with Crippen molar-refractivity contribution in [3.63, 3.8) is 0 Å². The Hall–Kier alpha value is -1.88. The molecule has 1 aromatic carbocycles. The highest BCUT2D eigenvalue weighted by Crippen LogP contribution is 2.18. The van der Waals surface area contributed by atoms with E-state index < -0.39 is 18.1 Å². The van der Waals surface area contributed by atoms with E-state index in [4.69, 9.17) is 4.74 Å². The van der Waals surface area contributed by atoms with Crippen molar-refractivity contribution in [3.8, 4) is 0 Å². The van der Waals surface area contributed by atoms with Crippen molar-refractivity contribution in [3.05, 3.63) is 35.9 Å². The zero-order valence-electron chi connectivity index (χ0n) is 31.6. The normalized spacial score (nSPS) is 12.6. The third-order valence-electron chi connectivity index (χ3n) is 9.86. The van der Waals surface area contributed by atoms with E-state index >= 15 is 0 Å². The molecule has 0 aliphatic rings. The molecule has 0 saturated heterocycles. The number of benzene rings is 1. The number of unbranched alkanes of at least 4 members (excludes halogenated alkanes) is 26. The number of hydrogen-bond donors (Lipinski definition) is 2. The predicted molar refractivity (Wildman–Crippen MR) is 205 cm³/mol. The third kappa shape index (κ3) is 26.0. The van der Waals surface area contributed by atoms with E-state index in [-0.39, 0.29) is 12.5 Å². The van der Waals surface area contributed by atoms with E-state index in [1.54, 1.807) is 12.1 Å². The maximum Gasteiger partial charge on any atom is 0.338 e. The Morgan fingerprint density at radius 1 is 0.562 bits per heavy atom. The van der Waals surface area contributed by atoms with E-state index in [9.17, 15) is 14.7 Å². The van der Waals surface area contributed by atoms with Gasteiger partial charge in [-0.15, -0.1) is 0 Å². The molecule has 278 valence electrons. The average Bonchev–Trinajstić information content (AvgIpc) is 3.10. The largest absolute Gasteiger partial charge is 0.456 e. The minimum Gasteiger partial charge on any atom is -0.456 e. The van der Waals surface area contributed by atoms with Crippen LogP contribution in [0.4, 0.5) is 0 Å². The van der Waals surface area contributed by atoms with Crippen LogP contribution in [0.5, 0.6) is 0 Å². The van der Waals surface area contributed by atoms with Gasteiger partial charge in [0, 0.05) is 6.42 Å². The molecule has 1 amide bonds. The fourth-order valence-electron chi connectivity index (χ4n) is 6.68. The zero-order valence-corrected chi connectivity index (χ0v) is 31.6. The van der Waals surface area contributed by atoms with Crippen LogP contribution in [0, 0.1) is 0 Å². The number of nitrogens with one attached hydrogen (secondary N) is 1. The van der Waals surface area contributed by atoms with Crippen LogP contribution >= 0.6 is 0 Å². The van der Waals surface area contributed by atoms with Gasteiger partial charge in [0.25, 0.3) is 0 Å². The van der Waals surface area contributed by atoms with Crippen molar-refractivity contribution >= 4 is 11.9 Å². The molecule has 5 heteroatoms. The molecule has 0 fully saturated rings. The maximum absolute atomic E-state index is 12.9. The molecule has 2 N–H and O–H groups in total. The van der Waals surface area contributed by atoms with Gasteiger partial charge in [-0.1, -0.05) is 199 Å². The quantitative estimate of drug-likeness (QED) is 0.0556. The Bertz CT molecular complexity index is 844. The number of aliphatic hydroxyl groups excluding tert-OH is 1. The fraction of sp³-hybridized carbons (Fsp3) is 0.814. The topological polar surface area (TPSA) is 75.6 Å². The maximum atomic E-state index is 12.9. The Kier molecular flexibility index (Phi) is 30.9. The fourth-order valence-corrected chi connectivity index (χ4v) is 6.68. The molecule has 0 aromatic heterocycles. The van der Waals surface area contributed by atoms with Gasteiger partial charge >= 0.3 is 5.97 Å². The van der Waals surface area contributed by atoms with Gasteiger partial charge in [0.1, 0.15) is 6.10 Å². The molecular formula is C43H77NO4. The molecule has 0 radical (unpaired) electrons. The predicted octanol–water partition coefficient (Wildman–Crippen LogP) is 12.4. The molecule has 48 heavy (non-hydrogen) atoms. The number of aliphatic hydroxyl groups is 1. The molecule has 0 aliphatic carbocycles. The molecule has 0 heterocycles. The number of carbonyl (C=O) groups excluding carboxylic acids is 2. The first-order chi connectivity index (χ1) is 23.6. The smallest absolute Gasteiger partial charge is 0.338 e. The highest BCUT2D eigenvalue weighted by molar-refractivity contribution is 5.89. The molecule has 0 saturated carbocycles. The first-order valence-electron chi connectivity index (χ1n) is 20.8. The van der Waals surface area contributed by atoms with Gasteiger partial charge < -0.3 is 15.2 Å². The molecule has 0 aliphatic heterocycles. The molecule has 2 atom stereocenters. The molecule has 5 nitrogen and oxygen atoms in total. The lowest BCUT2D eigenvalue weighted by atomic mass is 10.0. The van der Waals surface area contributed by atoms with Crippen molar-refractivity contribution in [1.29, 1.82) is 0 Å². The van der Waals surface area contributed by atoms with E-state index in [0.717, 1.165) is 25.7 Å². The number of rotatable bonds is 35. The second kappa shape index (κ2) is 33.6. The summed E-state index contributed by atoms with van der Waals surface area (Å²) in [6.07, 6.45) is 36.5. The number of ether oxygens (including phenoxy) is 1. The molecule has 0 unspecified atom stereocenters. The van der Waals surface area contributed by atoms with Crippen LogP contribution in [0.25, 0.3) is 0 Å². The van der Waals surface area contributed by atoms with Crippen LogP contribution in [0.1, 0.15) is 217 Å². The van der Waals surface area contributed by atoms with Crippen molar-refractivity contribution in [1.82, 2.24) is 5.32 Å². The highest BCUT2D eigenvalue weighted by atomic mass is 16.5. The molecule has 0 bridgehead atoms. The summed E-state index contributed by atoms with van der Waals surface area (Å²) in [5.41, 5.74) is 0.494. The second-order valence-corrected chi connectivity index (χ2v) is 14.4. The van der Waals surface area contributed by atoms with Crippen molar-refractivity contribution in [2.45, 2.75) is 219 Å². The van der Waals surface area contributed by atoms with Gasteiger partial charge in [0.15, 0.2) is 0 Å². The summed E-state index contributed by atoms with van der Waals surface area (Å²) in [5.74, 6) is -0.458. The van der Waals surface area contributed by atoms with E-state index in [2.05, 4.69) is 19.2 Å². The van der Waals surface area contributed by atoms with Gasteiger partial charge in [0.2, 0.25) is 5.91 Å². The van der Waals surface area contributed by atoms with Crippen LogP contribution < -0.4 is 5.32 Å². The van der Waals surface area contributed by atoms with Crippen molar-refractivity contribution in [2.75, 3.05) is 6.61 Å². The summed E-state index contributed by atoms with van der Waals surface area (Å²) in [5, 5.41) is 13.2. The Morgan fingerprint density at radius 3 is 1.33 bits per heavy atom. The van der Waals surface area contributed by atoms with Crippen molar-refractivity contribution < 1.29 is 19.4 Å². The highest BCUT2D eigenvalue weighted by Gasteiger charge is 2.26. The van der Waals surface area contributed by atoms with Crippen LogP contribution in [-0.4, -0.2) is 35.7 Å². The lowest BCUT2D eigenvalue weighted by molar-refractivity contribution is -0.123.